The molecule has 0 aromatic rings. The molecule has 1 unspecified atom stereocenters. The van der Waals surface area contributed by atoms with Crippen LogP contribution in [0.25, 0.3) is 0 Å². The van der Waals surface area contributed by atoms with Crippen molar-refractivity contribution in [2.75, 3.05) is 0 Å². The predicted molar refractivity (Wildman–Crippen MR) is 63.6 cm³/mol. The molecule has 17 heavy (non-hydrogen) atoms. The summed E-state index contributed by atoms with van der Waals surface area (Å²) in [6.07, 6.45) is -0.456. The van der Waals surface area contributed by atoms with Crippen molar-refractivity contribution >= 4 is 0 Å². The second-order valence-electron chi connectivity index (χ2n) is 3.77. The number of rotatable bonds is 6. The highest BCUT2D eigenvalue weighted by molar-refractivity contribution is 5.37. The first-order valence-corrected chi connectivity index (χ1v) is 5.60. The van der Waals surface area contributed by atoms with E-state index in [9.17, 15) is 18.3 Å². The van der Waals surface area contributed by atoms with Gasteiger partial charge in [-0.2, -0.15) is 13.2 Å². The number of aliphatic hydroxyl groups is 1. The molecule has 4 heteroatoms. The molecule has 0 amide bonds. The van der Waals surface area contributed by atoms with Crippen LogP contribution in [0.4, 0.5) is 13.2 Å². The van der Waals surface area contributed by atoms with Gasteiger partial charge in [0, 0.05) is 0 Å². The Labute approximate surface area is 100 Å². The first kappa shape index (κ1) is 16.0. The standard InChI is InChI=1S/C13H19F3O/c1-4-7-11(17)9-10(6-3)12(8-5-2)13(14,15)16/h5-6,8,11,17H,2,4,7,9H2,1,3H3/b10-6-,12-8+. The Morgan fingerprint density at radius 3 is 2.35 bits per heavy atom. The zero-order valence-corrected chi connectivity index (χ0v) is 10.2. The maximum absolute atomic E-state index is 12.7. The van der Waals surface area contributed by atoms with Crippen molar-refractivity contribution in [3.05, 3.63) is 36.0 Å². The van der Waals surface area contributed by atoms with Crippen LogP contribution < -0.4 is 0 Å². The molecule has 0 spiro atoms. The number of alkyl halides is 3. The van der Waals surface area contributed by atoms with Crippen LogP contribution >= 0.6 is 0 Å². The Balaban J connectivity index is 4.96. The molecule has 0 aliphatic heterocycles. The van der Waals surface area contributed by atoms with Gasteiger partial charge >= 0.3 is 6.18 Å². The van der Waals surface area contributed by atoms with Crippen LogP contribution in [-0.2, 0) is 0 Å². The molecular formula is C13H19F3O. The predicted octanol–water partition coefficient (Wildman–Crippen LogP) is 4.16. The third kappa shape index (κ3) is 5.73. The summed E-state index contributed by atoms with van der Waals surface area (Å²) in [5, 5.41) is 9.57. The molecule has 0 aromatic carbocycles. The largest absolute Gasteiger partial charge is 0.416 e. The van der Waals surface area contributed by atoms with Crippen LogP contribution in [0.15, 0.2) is 36.0 Å². The van der Waals surface area contributed by atoms with Gasteiger partial charge in [-0.25, -0.2) is 0 Å². The van der Waals surface area contributed by atoms with E-state index in [-0.39, 0.29) is 12.0 Å². The summed E-state index contributed by atoms with van der Waals surface area (Å²) in [5.74, 6) is 0. The zero-order valence-electron chi connectivity index (χ0n) is 10.2. The molecule has 0 radical (unpaired) electrons. The summed E-state index contributed by atoms with van der Waals surface area (Å²) >= 11 is 0. The summed E-state index contributed by atoms with van der Waals surface area (Å²) in [7, 11) is 0. The lowest BCUT2D eigenvalue weighted by Gasteiger charge is -2.17. The van der Waals surface area contributed by atoms with Crippen LogP contribution in [0.1, 0.15) is 33.1 Å². The fourth-order valence-electron chi connectivity index (χ4n) is 1.57. The summed E-state index contributed by atoms with van der Waals surface area (Å²) in [4.78, 5) is 0. The molecule has 98 valence electrons. The first-order chi connectivity index (χ1) is 7.86. The molecule has 1 N–H and O–H groups in total. The summed E-state index contributed by atoms with van der Waals surface area (Å²) in [6.45, 7) is 6.70. The Bertz CT molecular complexity index is 300. The molecule has 0 rings (SSSR count). The third-order valence-corrected chi connectivity index (χ3v) is 2.36. The molecule has 0 aliphatic carbocycles. The van der Waals surface area contributed by atoms with Gasteiger partial charge in [-0.3, -0.25) is 0 Å². The van der Waals surface area contributed by atoms with Gasteiger partial charge in [-0.05, 0) is 25.3 Å². The van der Waals surface area contributed by atoms with E-state index in [2.05, 4.69) is 6.58 Å². The minimum Gasteiger partial charge on any atom is -0.393 e. The molecule has 0 bridgehead atoms. The number of hydrogen-bond acceptors (Lipinski definition) is 1. The van der Waals surface area contributed by atoms with Gasteiger partial charge in [0.25, 0.3) is 0 Å². The molecule has 1 nitrogen and oxygen atoms in total. The Kier molecular flexibility index (Phi) is 6.88. The number of allylic oxidation sites excluding steroid dienone is 4. The molecule has 0 saturated carbocycles. The van der Waals surface area contributed by atoms with Crippen LogP contribution in [-0.4, -0.2) is 17.4 Å². The van der Waals surface area contributed by atoms with Crippen molar-refractivity contribution in [1.82, 2.24) is 0 Å². The van der Waals surface area contributed by atoms with E-state index in [0.717, 1.165) is 18.6 Å². The van der Waals surface area contributed by atoms with Crippen molar-refractivity contribution in [2.24, 2.45) is 0 Å². The minimum atomic E-state index is -4.41. The minimum absolute atomic E-state index is 0.0174. The molecule has 0 saturated heterocycles. The second kappa shape index (κ2) is 7.33. The zero-order chi connectivity index (χ0) is 13.5. The molecule has 0 aliphatic rings. The fraction of sp³-hybridized carbons (Fsp3) is 0.538. The Hall–Kier alpha value is -1.03. The molecule has 0 heterocycles. The van der Waals surface area contributed by atoms with E-state index in [1.807, 2.05) is 6.92 Å². The van der Waals surface area contributed by atoms with Gasteiger partial charge in [-0.15, -0.1) is 0 Å². The van der Waals surface area contributed by atoms with Crippen LogP contribution in [0.2, 0.25) is 0 Å². The van der Waals surface area contributed by atoms with E-state index < -0.39 is 17.9 Å². The van der Waals surface area contributed by atoms with Gasteiger partial charge in [0.2, 0.25) is 0 Å². The average molecular weight is 248 g/mol. The highest BCUT2D eigenvalue weighted by Gasteiger charge is 2.35. The molecule has 0 fully saturated rings. The van der Waals surface area contributed by atoms with E-state index in [1.165, 1.54) is 13.0 Å². The fourth-order valence-corrected chi connectivity index (χ4v) is 1.57. The van der Waals surface area contributed by atoms with Crippen molar-refractivity contribution in [2.45, 2.75) is 45.4 Å². The van der Waals surface area contributed by atoms with Crippen molar-refractivity contribution in [3.63, 3.8) is 0 Å². The van der Waals surface area contributed by atoms with E-state index >= 15 is 0 Å². The highest BCUT2D eigenvalue weighted by Crippen LogP contribution is 2.33. The monoisotopic (exact) mass is 248 g/mol. The first-order valence-electron chi connectivity index (χ1n) is 5.60. The number of halogens is 3. The lowest BCUT2D eigenvalue weighted by molar-refractivity contribution is -0.0898. The Morgan fingerprint density at radius 2 is 2.00 bits per heavy atom. The van der Waals surface area contributed by atoms with Crippen molar-refractivity contribution < 1.29 is 18.3 Å². The van der Waals surface area contributed by atoms with Crippen molar-refractivity contribution in [1.29, 1.82) is 0 Å². The van der Waals surface area contributed by atoms with Gasteiger partial charge < -0.3 is 5.11 Å². The maximum Gasteiger partial charge on any atom is 0.416 e. The number of hydrogen-bond donors (Lipinski definition) is 1. The van der Waals surface area contributed by atoms with Crippen molar-refractivity contribution in [3.8, 4) is 0 Å². The smallest absolute Gasteiger partial charge is 0.393 e. The highest BCUT2D eigenvalue weighted by atomic mass is 19.4. The quantitative estimate of drug-likeness (QED) is 0.700. The third-order valence-electron chi connectivity index (χ3n) is 2.36. The topological polar surface area (TPSA) is 20.2 Å². The maximum atomic E-state index is 12.7. The summed E-state index contributed by atoms with van der Waals surface area (Å²) in [6, 6.07) is 0. The van der Waals surface area contributed by atoms with E-state index in [0.29, 0.717) is 6.42 Å². The normalized spacial score (nSPS) is 15.9. The summed E-state index contributed by atoms with van der Waals surface area (Å²) < 4.78 is 38.2. The Morgan fingerprint density at radius 1 is 1.41 bits per heavy atom. The van der Waals surface area contributed by atoms with Gasteiger partial charge in [0.05, 0.1) is 11.7 Å². The summed E-state index contributed by atoms with van der Waals surface area (Å²) in [5.41, 5.74) is -0.622. The van der Waals surface area contributed by atoms with Gasteiger partial charge in [-0.1, -0.05) is 38.2 Å². The van der Waals surface area contributed by atoms with Gasteiger partial charge in [0.15, 0.2) is 0 Å². The van der Waals surface area contributed by atoms with Crippen LogP contribution in [0, 0.1) is 0 Å². The second-order valence-corrected chi connectivity index (χ2v) is 3.77. The molecule has 0 aromatic heterocycles. The van der Waals surface area contributed by atoms with Crippen LogP contribution in [0.5, 0.6) is 0 Å². The SMILES string of the molecule is C=C/C=C(\C(=C/C)CC(O)CCC)C(F)(F)F. The van der Waals surface area contributed by atoms with Gasteiger partial charge in [0.1, 0.15) is 0 Å². The lowest BCUT2D eigenvalue weighted by Crippen LogP contribution is -2.17. The molecule has 1 atom stereocenters. The van der Waals surface area contributed by atoms with E-state index in [1.54, 1.807) is 0 Å². The molecular weight excluding hydrogens is 229 g/mol. The number of aliphatic hydroxyl groups excluding tert-OH is 1. The van der Waals surface area contributed by atoms with Crippen LogP contribution in [0.3, 0.4) is 0 Å². The average Bonchev–Trinajstić information content (AvgIpc) is 2.22. The lowest BCUT2D eigenvalue weighted by atomic mass is 9.97. The van der Waals surface area contributed by atoms with E-state index in [4.69, 9.17) is 0 Å².